The number of carbonyl (C=O) groups excluding carboxylic acids is 1. The maximum Gasteiger partial charge on any atom is 0.261 e. The summed E-state index contributed by atoms with van der Waals surface area (Å²) in [5, 5.41) is 0. The van der Waals surface area contributed by atoms with E-state index in [-0.39, 0.29) is 23.1 Å². The van der Waals surface area contributed by atoms with Crippen LogP contribution in [0.3, 0.4) is 0 Å². The maximum absolute atomic E-state index is 12.7. The number of nitrogens with one attached hydrogen (secondary N) is 1. The molecule has 0 bridgehead atoms. The molecule has 1 unspecified atom stereocenters. The van der Waals surface area contributed by atoms with Crippen LogP contribution in [0.4, 0.5) is 0 Å². The van der Waals surface area contributed by atoms with E-state index in [9.17, 15) is 9.59 Å². The zero-order valence-corrected chi connectivity index (χ0v) is 12.9. The third-order valence-electron chi connectivity index (χ3n) is 4.81. The van der Waals surface area contributed by atoms with Gasteiger partial charge in [-0.25, -0.2) is 4.98 Å². The number of amides is 1. The van der Waals surface area contributed by atoms with Crippen molar-refractivity contribution in [1.29, 1.82) is 0 Å². The second kappa shape index (κ2) is 5.68. The lowest BCUT2D eigenvalue weighted by Gasteiger charge is -2.33. The van der Waals surface area contributed by atoms with E-state index in [4.69, 9.17) is 0 Å². The second-order valence-electron chi connectivity index (χ2n) is 6.49. The molecule has 0 radical (unpaired) electrons. The molecule has 2 aromatic rings. The summed E-state index contributed by atoms with van der Waals surface area (Å²) < 4.78 is 2.04. The number of carbonyl (C=O) groups is 1. The summed E-state index contributed by atoms with van der Waals surface area (Å²) in [5.41, 5.74) is 0.950. The SMILES string of the molecule is O=C(c1ccc(C2CC2)[nH]c1=O)N1CCCC(n2ccnc2)C1. The van der Waals surface area contributed by atoms with E-state index in [0.717, 1.165) is 31.4 Å². The molecule has 2 fully saturated rings. The minimum Gasteiger partial charge on any atom is -0.336 e. The third kappa shape index (κ3) is 2.81. The van der Waals surface area contributed by atoms with E-state index in [0.29, 0.717) is 19.0 Å². The Morgan fingerprint density at radius 2 is 2.13 bits per heavy atom. The van der Waals surface area contributed by atoms with Gasteiger partial charge in [-0.3, -0.25) is 9.59 Å². The van der Waals surface area contributed by atoms with Crippen molar-refractivity contribution < 1.29 is 4.79 Å². The van der Waals surface area contributed by atoms with Crippen molar-refractivity contribution in [2.24, 2.45) is 0 Å². The fourth-order valence-electron chi connectivity index (χ4n) is 3.33. The number of imidazole rings is 1. The van der Waals surface area contributed by atoms with Gasteiger partial charge in [0.25, 0.3) is 11.5 Å². The average Bonchev–Trinajstić information content (AvgIpc) is 3.28. The molecule has 4 rings (SSSR count). The Labute approximate surface area is 134 Å². The van der Waals surface area contributed by atoms with Crippen molar-refractivity contribution >= 4 is 5.91 Å². The number of rotatable bonds is 3. The number of likely N-dealkylation sites (tertiary alicyclic amines) is 1. The van der Waals surface area contributed by atoms with E-state index < -0.39 is 0 Å². The molecule has 1 saturated heterocycles. The minimum atomic E-state index is -0.260. The summed E-state index contributed by atoms with van der Waals surface area (Å²) in [4.78, 5) is 33.7. The Bertz CT molecular complexity index is 761. The van der Waals surface area contributed by atoms with Gasteiger partial charge in [-0.05, 0) is 43.7 Å². The average molecular weight is 312 g/mol. The minimum absolute atomic E-state index is 0.168. The van der Waals surface area contributed by atoms with Crippen molar-refractivity contribution in [3.63, 3.8) is 0 Å². The van der Waals surface area contributed by atoms with Gasteiger partial charge in [0.1, 0.15) is 5.56 Å². The van der Waals surface area contributed by atoms with Crippen LogP contribution < -0.4 is 5.56 Å². The molecular weight excluding hydrogens is 292 g/mol. The van der Waals surface area contributed by atoms with E-state index in [1.54, 1.807) is 23.5 Å². The van der Waals surface area contributed by atoms with E-state index in [2.05, 4.69) is 9.97 Å². The second-order valence-corrected chi connectivity index (χ2v) is 6.49. The van der Waals surface area contributed by atoms with E-state index in [1.165, 1.54) is 0 Å². The molecule has 1 atom stereocenters. The van der Waals surface area contributed by atoms with Crippen molar-refractivity contribution in [1.82, 2.24) is 19.4 Å². The van der Waals surface area contributed by atoms with Gasteiger partial charge in [-0.2, -0.15) is 0 Å². The topological polar surface area (TPSA) is 71.0 Å². The summed E-state index contributed by atoms with van der Waals surface area (Å²) in [7, 11) is 0. The number of aromatic amines is 1. The van der Waals surface area contributed by atoms with Crippen LogP contribution in [0.1, 0.15) is 53.7 Å². The normalized spacial score (nSPS) is 21.4. The summed E-state index contributed by atoms with van der Waals surface area (Å²) in [5.74, 6) is 0.311. The van der Waals surface area contributed by atoms with Crippen LogP contribution in [0.15, 0.2) is 35.6 Å². The highest BCUT2D eigenvalue weighted by Gasteiger charge is 2.28. The lowest BCUT2D eigenvalue weighted by molar-refractivity contribution is 0.0677. The first-order valence-corrected chi connectivity index (χ1v) is 8.22. The number of hydrogen-bond acceptors (Lipinski definition) is 3. The van der Waals surface area contributed by atoms with Crippen molar-refractivity contribution in [2.45, 2.75) is 37.6 Å². The standard InChI is InChI=1S/C17H20N4O2/c22-16-14(5-6-15(19-16)12-3-4-12)17(23)20-8-1-2-13(10-20)21-9-7-18-11-21/h5-7,9,11-13H,1-4,8,10H2,(H,19,22). The van der Waals surface area contributed by atoms with Gasteiger partial charge in [0, 0.05) is 31.2 Å². The Hall–Kier alpha value is -2.37. The number of aromatic nitrogens is 3. The molecule has 0 aromatic carbocycles. The smallest absolute Gasteiger partial charge is 0.261 e. The molecule has 1 aliphatic carbocycles. The van der Waals surface area contributed by atoms with Gasteiger partial charge in [-0.1, -0.05) is 0 Å². The van der Waals surface area contributed by atoms with Gasteiger partial charge in [0.05, 0.1) is 12.4 Å². The lowest BCUT2D eigenvalue weighted by atomic mass is 10.0. The van der Waals surface area contributed by atoms with Gasteiger partial charge >= 0.3 is 0 Å². The zero-order valence-electron chi connectivity index (χ0n) is 12.9. The molecule has 1 amide bonds. The lowest BCUT2D eigenvalue weighted by Crippen LogP contribution is -2.42. The summed E-state index contributed by atoms with van der Waals surface area (Å²) in [6.45, 7) is 1.33. The number of piperidine rings is 1. The predicted molar refractivity (Wildman–Crippen MR) is 85.4 cm³/mol. The Morgan fingerprint density at radius 3 is 2.83 bits per heavy atom. The largest absolute Gasteiger partial charge is 0.336 e. The molecule has 6 nitrogen and oxygen atoms in total. The molecule has 1 N–H and O–H groups in total. The molecule has 2 aromatic heterocycles. The molecule has 1 aliphatic heterocycles. The number of nitrogens with zero attached hydrogens (tertiary/aromatic N) is 3. The molecule has 6 heteroatoms. The first kappa shape index (κ1) is 14.2. The molecule has 3 heterocycles. The van der Waals surface area contributed by atoms with Crippen LogP contribution in [0.5, 0.6) is 0 Å². The molecule has 1 saturated carbocycles. The number of H-pyrrole nitrogens is 1. The van der Waals surface area contributed by atoms with Crippen LogP contribution in [-0.2, 0) is 0 Å². The van der Waals surface area contributed by atoms with Gasteiger partial charge in [0.2, 0.25) is 0 Å². The summed E-state index contributed by atoms with van der Waals surface area (Å²) in [6.07, 6.45) is 9.68. The van der Waals surface area contributed by atoms with E-state index >= 15 is 0 Å². The van der Waals surface area contributed by atoms with Gasteiger partial charge < -0.3 is 14.5 Å². The summed E-state index contributed by atoms with van der Waals surface area (Å²) >= 11 is 0. The molecule has 0 spiro atoms. The molecule has 120 valence electrons. The van der Waals surface area contributed by atoms with Crippen molar-refractivity contribution in [3.05, 3.63) is 52.5 Å². The zero-order chi connectivity index (χ0) is 15.8. The van der Waals surface area contributed by atoms with Crippen molar-refractivity contribution in [2.75, 3.05) is 13.1 Å². The Morgan fingerprint density at radius 1 is 1.26 bits per heavy atom. The predicted octanol–water partition coefficient (Wildman–Crippen LogP) is 1.93. The highest BCUT2D eigenvalue weighted by molar-refractivity contribution is 5.93. The Balaban J connectivity index is 1.53. The third-order valence-corrected chi connectivity index (χ3v) is 4.81. The number of pyridine rings is 1. The van der Waals surface area contributed by atoms with Crippen LogP contribution in [0, 0.1) is 0 Å². The molecular formula is C17H20N4O2. The van der Waals surface area contributed by atoms with Gasteiger partial charge in [-0.15, -0.1) is 0 Å². The fraction of sp³-hybridized carbons (Fsp3) is 0.471. The Kier molecular flexibility index (Phi) is 3.52. The first-order valence-electron chi connectivity index (χ1n) is 8.22. The van der Waals surface area contributed by atoms with Crippen molar-refractivity contribution in [3.8, 4) is 0 Å². The quantitative estimate of drug-likeness (QED) is 0.941. The number of hydrogen-bond donors (Lipinski definition) is 1. The highest BCUT2D eigenvalue weighted by Crippen LogP contribution is 2.38. The van der Waals surface area contributed by atoms with Gasteiger partial charge in [0.15, 0.2) is 0 Å². The van der Waals surface area contributed by atoms with Crippen LogP contribution in [-0.4, -0.2) is 38.4 Å². The first-order chi connectivity index (χ1) is 11.2. The maximum atomic E-state index is 12.7. The van der Waals surface area contributed by atoms with E-state index in [1.807, 2.05) is 16.8 Å². The molecule has 23 heavy (non-hydrogen) atoms. The highest BCUT2D eigenvalue weighted by atomic mass is 16.2. The fourth-order valence-corrected chi connectivity index (χ4v) is 3.33. The summed E-state index contributed by atoms with van der Waals surface area (Å²) in [6, 6.07) is 3.82. The van der Waals surface area contributed by atoms with Crippen LogP contribution in [0.25, 0.3) is 0 Å². The molecule has 2 aliphatic rings. The van der Waals surface area contributed by atoms with Crippen LogP contribution in [0.2, 0.25) is 0 Å². The monoisotopic (exact) mass is 312 g/mol. The van der Waals surface area contributed by atoms with Crippen LogP contribution >= 0.6 is 0 Å².